The Bertz CT molecular complexity index is 674. The monoisotopic (exact) mass is 298 g/mol. The highest BCUT2D eigenvalue weighted by Crippen LogP contribution is 2.20. The molecular formula is C17H22N4O. The molecule has 3 rings (SSSR count). The minimum atomic E-state index is 0.00283. The number of amides is 1. The van der Waals surface area contributed by atoms with E-state index in [2.05, 4.69) is 17.1 Å². The third-order valence-electron chi connectivity index (χ3n) is 4.31. The smallest absolute Gasteiger partial charge is 0.276 e. The van der Waals surface area contributed by atoms with E-state index in [0.717, 1.165) is 25.1 Å². The summed E-state index contributed by atoms with van der Waals surface area (Å²) in [4.78, 5) is 16.2. The number of likely N-dealkylation sites (tertiary alicyclic amines) is 1. The summed E-state index contributed by atoms with van der Waals surface area (Å²) in [5.41, 5.74) is 3.21. The van der Waals surface area contributed by atoms with Gasteiger partial charge in [0.15, 0.2) is 5.69 Å². The van der Waals surface area contributed by atoms with Crippen LogP contribution in [-0.4, -0.2) is 38.4 Å². The first-order chi connectivity index (χ1) is 10.6. The first kappa shape index (κ1) is 14.8. The second-order valence-corrected chi connectivity index (χ2v) is 6.10. The van der Waals surface area contributed by atoms with E-state index in [4.69, 9.17) is 0 Å². The van der Waals surface area contributed by atoms with Crippen molar-refractivity contribution in [1.29, 1.82) is 0 Å². The third-order valence-corrected chi connectivity index (χ3v) is 4.31. The molecule has 1 fully saturated rings. The minimum Gasteiger partial charge on any atom is -0.334 e. The fraction of sp³-hybridized carbons (Fsp3) is 0.471. The van der Waals surface area contributed by atoms with Crippen molar-refractivity contribution in [1.82, 2.24) is 19.9 Å². The van der Waals surface area contributed by atoms with Gasteiger partial charge in [0.25, 0.3) is 5.91 Å². The second-order valence-electron chi connectivity index (χ2n) is 6.10. The van der Waals surface area contributed by atoms with Crippen LogP contribution in [0.4, 0.5) is 0 Å². The Labute approximate surface area is 130 Å². The highest BCUT2D eigenvalue weighted by atomic mass is 16.2. The van der Waals surface area contributed by atoms with Gasteiger partial charge in [-0.3, -0.25) is 4.79 Å². The van der Waals surface area contributed by atoms with Crippen LogP contribution in [0.5, 0.6) is 0 Å². The van der Waals surface area contributed by atoms with Crippen LogP contribution in [0.2, 0.25) is 0 Å². The Hall–Kier alpha value is -2.17. The number of aryl methyl sites for hydroxylation is 2. The molecule has 2 aromatic rings. The van der Waals surface area contributed by atoms with Gasteiger partial charge in [0.1, 0.15) is 0 Å². The topological polar surface area (TPSA) is 51.0 Å². The van der Waals surface area contributed by atoms with Gasteiger partial charge in [0, 0.05) is 12.6 Å². The predicted octanol–water partition coefficient (Wildman–Crippen LogP) is 2.90. The van der Waals surface area contributed by atoms with Gasteiger partial charge in [-0.05, 0) is 52.2 Å². The van der Waals surface area contributed by atoms with Crippen molar-refractivity contribution in [3.63, 3.8) is 0 Å². The molecule has 1 amide bonds. The first-order valence-electron chi connectivity index (χ1n) is 7.88. The molecule has 1 aliphatic heterocycles. The molecule has 1 aromatic heterocycles. The van der Waals surface area contributed by atoms with E-state index in [9.17, 15) is 4.79 Å². The molecule has 0 spiro atoms. The van der Waals surface area contributed by atoms with Gasteiger partial charge in [0.2, 0.25) is 0 Å². The standard InChI is InChI=1S/C17H22N4O/c1-12-7-9-15(10-8-12)21-18-14(3)16(19-21)17(22)20-11-5-4-6-13(20)2/h7-10,13H,4-6,11H2,1-3H3/t13-/m1/s1. The summed E-state index contributed by atoms with van der Waals surface area (Å²) in [6, 6.07) is 8.24. The number of carbonyl (C=O) groups excluding carboxylic acids is 1. The second kappa shape index (κ2) is 5.91. The van der Waals surface area contributed by atoms with Crippen LogP contribution >= 0.6 is 0 Å². The van der Waals surface area contributed by atoms with Crippen molar-refractivity contribution in [3.05, 3.63) is 41.2 Å². The molecule has 1 aliphatic rings. The Kier molecular flexibility index (Phi) is 3.96. The maximum atomic E-state index is 12.7. The molecule has 22 heavy (non-hydrogen) atoms. The molecule has 0 N–H and O–H groups in total. The average Bonchev–Trinajstić information content (AvgIpc) is 2.90. The summed E-state index contributed by atoms with van der Waals surface area (Å²) in [7, 11) is 0. The van der Waals surface area contributed by atoms with E-state index in [0.29, 0.717) is 11.4 Å². The van der Waals surface area contributed by atoms with E-state index in [-0.39, 0.29) is 11.9 Å². The number of nitrogens with zero attached hydrogens (tertiary/aromatic N) is 4. The molecule has 2 heterocycles. The van der Waals surface area contributed by atoms with Gasteiger partial charge < -0.3 is 4.90 Å². The van der Waals surface area contributed by atoms with E-state index in [1.54, 1.807) is 4.80 Å². The number of hydrogen-bond acceptors (Lipinski definition) is 3. The van der Waals surface area contributed by atoms with Crippen molar-refractivity contribution < 1.29 is 4.79 Å². The van der Waals surface area contributed by atoms with Crippen molar-refractivity contribution in [2.24, 2.45) is 0 Å². The molecule has 1 aromatic carbocycles. The highest BCUT2D eigenvalue weighted by molar-refractivity contribution is 5.93. The summed E-state index contributed by atoms with van der Waals surface area (Å²) in [5.74, 6) is 0.00283. The summed E-state index contributed by atoms with van der Waals surface area (Å²) in [5, 5.41) is 8.84. The number of benzene rings is 1. The molecule has 5 heteroatoms. The molecule has 0 radical (unpaired) electrons. The summed E-state index contributed by atoms with van der Waals surface area (Å²) in [6.07, 6.45) is 3.33. The largest absolute Gasteiger partial charge is 0.334 e. The van der Waals surface area contributed by atoms with E-state index >= 15 is 0 Å². The predicted molar refractivity (Wildman–Crippen MR) is 85.2 cm³/mol. The number of rotatable bonds is 2. The van der Waals surface area contributed by atoms with Crippen LogP contribution < -0.4 is 0 Å². The molecule has 116 valence electrons. The lowest BCUT2D eigenvalue weighted by molar-refractivity contribution is 0.0628. The zero-order chi connectivity index (χ0) is 15.7. The lowest BCUT2D eigenvalue weighted by Crippen LogP contribution is -2.42. The molecule has 1 saturated heterocycles. The Morgan fingerprint density at radius 3 is 2.55 bits per heavy atom. The van der Waals surface area contributed by atoms with Crippen molar-refractivity contribution in [2.75, 3.05) is 6.54 Å². The first-order valence-corrected chi connectivity index (χ1v) is 7.88. The van der Waals surface area contributed by atoms with Crippen LogP contribution in [0, 0.1) is 13.8 Å². The van der Waals surface area contributed by atoms with Gasteiger partial charge in [-0.25, -0.2) is 0 Å². The molecule has 0 unspecified atom stereocenters. The van der Waals surface area contributed by atoms with Crippen molar-refractivity contribution in [2.45, 2.75) is 46.1 Å². The Morgan fingerprint density at radius 1 is 1.14 bits per heavy atom. The van der Waals surface area contributed by atoms with E-state index in [1.807, 2.05) is 43.0 Å². The number of carbonyl (C=O) groups is 1. The fourth-order valence-electron chi connectivity index (χ4n) is 2.91. The SMILES string of the molecule is Cc1ccc(-n2nc(C)c(C(=O)N3CCCC[C@H]3C)n2)cc1. The average molecular weight is 298 g/mol. The van der Waals surface area contributed by atoms with Gasteiger partial charge in [-0.2, -0.15) is 9.90 Å². The van der Waals surface area contributed by atoms with Crippen LogP contribution in [0.25, 0.3) is 5.69 Å². The van der Waals surface area contributed by atoms with Gasteiger partial charge >= 0.3 is 0 Å². The minimum absolute atomic E-state index is 0.00283. The van der Waals surface area contributed by atoms with E-state index in [1.165, 1.54) is 12.0 Å². The van der Waals surface area contributed by atoms with Gasteiger partial charge in [-0.1, -0.05) is 17.7 Å². The number of piperidine rings is 1. The quantitative estimate of drug-likeness (QED) is 0.856. The molecule has 0 aliphatic carbocycles. The Balaban J connectivity index is 1.88. The lowest BCUT2D eigenvalue weighted by Gasteiger charge is -2.32. The summed E-state index contributed by atoms with van der Waals surface area (Å²) in [6.45, 7) is 6.81. The molecule has 1 atom stereocenters. The summed E-state index contributed by atoms with van der Waals surface area (Å²) >= 11 is 0. The van der Waals surface area contributed by atoms with Crippen LogP contribution in [0.15, 0.2) is 24.3 Å². The van der Waals surface area contributed by atoms with Crippen LogP contribution in [0.3, 0.4) is 0 Å². The Morgan fingerprint density at radius 2 is 1.86 bits per heavy atom. The number of aromatic nitrogens is 3. The molecule has 0 saturated carbocycles. The molecule has 0 bridgehead atoms. The fourth-order valence-corrected chi connectivity index (χ4v) is 2.91. The molecule has 5 nitrogen and oxygen atoms in total. The molecular weight excluding hydrogens is 276 g/mol. The van der Waals surface area contributed by atoms with Gasteiger partial charge in [0.05, 0.1) is 11.4 Å². The van der Waals surface area contributed by atoms with Crippen LogP contribution in [0.1, 0.15) is 47.9 Å². The van der Waals surface area contributed by atoms with Crippen molar-refractivity contribution >= 4 is 5.91 Å². The maximum absolute atomic E-state index is 12.7. The number of hydrogen-bond donors (Lipinski definition) is 0. The zero-order valence-electron chi connectivity index (χ0n) is 13.4. The third kappa shape index (κ3) is 2.75. The highest BCUT2D eigenvalue weighted by Gasteiger charge is 2.27. The maximum Gasteiger partial charge on any atom is 0.276 e. The normalized spacial score (nSPS) is 18.5. The zero-order valence-corrected chi connectivity index (χ0v) is 13.4. The van der Waals surface area contributed by atoms with Crippen LogP contribution in [-0.2, 0) is 0 Å². The summed E-state index contributed by atoms with van der Waals surface area (Å²) < 4.78 is 0. The van der Waals surface area contributed by atoms with Crippen molar-refractivity contribution in [3.8, 4) is 5.69 Å². The lowest BCUT2D eigenvalue weighted by atomic mass is 10.0. The van der Waals surface area contributed by atoms with E-state index < -0.39 is 0 Å². The van der Waals surface area contributed by atoms with Gasteiger partial charge in [-0.15, -0.1) is 5.10 Å².